The number of anilines is 1. The van der Waals surface area contributed by atoms with Crippen LogP contribution in [-0.2, 0) is 0 Å². The normalized spacial score (nSPS) is 11.0. The van der Waals surface area contributed by atoms with Gasteiger partial charge in [0, 0.05) is 10.0 Å². The van der Waals surface area contributed by atoms with Gasteiger partial charge in [-0.2, -0.15) is 0 Å². The minimum Gasteiger partial charge on any atom is -0.382 e. The monoisotopic (exact) mass is 280 g/mol. The van der Waals surface area contributed by atoms with Crippen molar-refractivity contribution in [2.75, 3.05) is 5.73 Å². The molecule has 2 rings (SSSR count). The highest BCUT2D eigenvalue weighted by atomic mass is 79.9. The first-order valence-corrected chi connectivity index (χ1v) is 5.86. The molecule has 5 heteroatoms. The molecule has 2 N–H and O–H groups in total. The van der Waals surface area contributed by atoms with Gasteiger partial charge >= 0.3 is 0 Å². The highest BCUT2D eigenvalue weighted by Crippen LogP contribution is 2.30. The van der Waals surface area contributed by atoms with Crippen LogP contribution in [0.5, 0.6) is 0 Å². The Bertz CT molecular complexity index is 504. The molecule has 4 nitrogen and oxygen atoms in total. The third-order valence-electron chi connectivity index (χ3n) is 2.35. The third kappa shape index (κ3) is 1.82. The Labute approximate surface area is 103 Å². The van der Waals surface area contributed by atoms with Crippen molar-refractivity contribution in [2.45, 2.75) is 19.9 Å². The van der Waals surface area contributed by atoms with Crippen LogP contribution in [0.1, 0.15) is 19.9 Å². The second-order valence-corrected chi connectivity index (χ2v) is 4.70. The molecule has 0 aliphatic carbocycles. The smallest absolute Gasteiger partial charge is 0.150 e. The fourth-order valence-electron chi connectivity index (χ4n) is 1.53. The van der Waals surface area contributed by atoms with Gasteiger partial charge in [-0.05, 0) is 19.9 Å². The van der Waals surface area contributed by atoms with Crippen LogP contribution in [0, 0.1) is 0 Å². The van der Waals surface area contributed by atoms with Crippen LogP contribution in [0.4, 0.5) is 5.82 Å². The number of rotatable bonds is 2. The summed E-state index contributed by atoms with van der Waals surface area (Å²) in [7, 11) is 0. The van der Waals surface area contributed by atoms with Crippen molar-refractivity contribution in [2.24, 2.45) is 0 Å². The van der Waals surface area contributed by atoms with Gasteiger partial charge < -0.3 is 5.73 Å². The third-order valence-corrected chi connectivity index (χ3v) is 3.04. The number of aromatic nitrogens is 3. The van der Waals surface area contributed by atoms with Crippen molar-refractivity contribution >= 4 is 21.7 Å². The Morgan fingerprint density at radius 3 is 2.56 bits per heavy atom. The molecule has 0 bridgehead atoms. The first-order valence-electron chi connectivity index (χ1n) is 5.07. The van der Waals surface area contributed by atoms with Gasteiger partial charge in [0.15, 0.2) is 5.82 Å². The Kier molecular flexibility index (Phi) is 2.96. The number of benzene rings is 1. The predicted octanol–water partition coefficient (Wildman–Crippen LogP) is 2.87. The summed E-state index contributed by atoms with van der Waals surface area (Å²) in [6.45, 7) is 4.05. The lowest BCUT2D eigenvalue weighted by molar-refractivity contribution is 0.521. The van der Waals surface area contributed by atoms with E-state index in [0.717, 1.165) is 15.7 Å². The summed E-state index contributed by atoms with van der Waals surface area (Å²) in [5, 5.41) is 8.18. The maximum Gasteiger partial charge on any atom is 0.150 e. The van der Waals surface area contributed by atoms with Crippen molar-refractivity contribution in [3.05, 3.63) is 28.7 Å². The van der Waals surface area contributed by atoms with E-state index in [4.69, 9.17) is 5.73 Å². The topological polar surface area (TPSA) is 56.7 Å². The van der Waals surface area contributed by atoms with Crippen molar-refractivity contribution < 1.29 is 0 Å². The van der Waals surface area contributed by atoms with E-state index in [1.54, 1.807) is 4.68 Å². The zero-order valence-electron chi connectivity index (χ0n) is 9.18. The van der Waals surface area contributed by atoms with E-state index in [9.17, 15) is 0 Å². The zero-order valence-corrected chi connectivity index (χ0v) is 10.8. The van der Waals surface area contributed by atoms with Crippen LogP contribution < -0.4 is 5.73 Å². The minimum absolute atomic E-state index is 0.212. The van der Waals surface area contributed by atoms with E-state index in [2.05, 4.69) is 26.2 Å². The maximum atomic E-state index is 6.02. The molecule has 1 heterocycles. The van der Waals surface area contributed by atoms with Gasteiger partial charge in [0.2, 0.25) is 0 Å². The maximum absolute atomic E-state index is 6.02. The fourth-order valence-corrected chi connectivity index (χ4v) is 2.00. The van der Waals surface area contributed by atoms with Crippen LogP contribution in [-0.4, -0.2) is 15.0 Å². The molecule has 84 valence electrons. The summed E-state index contributed by atoms with van der Waals surface area (Å²) in [6.07, 6.45) is 0. The van der Waals surface area contributed by atoms with Gasteiger partial charge in [0.25, 0.3) is 0 Å². The Morgan fingerprint density at radius 1 is 1.31 bits per heavy atom. The predicted molar refractivity (Wildman–Crippen MR) is 68.0 cm³/mol. The molecule has 0 atom stereocenters. The molecule has 0 aliphatic rings. The largest absolute Gasteiger partial charge is 0.382 e. The van der Waals surface area contributed by atoms with Crippen LogP contribution in [0.2, 0.25) is 0 Å². The fraction of sp³-hybridized carbons (Fsp3) is 0.273. The molecular weight excluding hydrogens is 268 g/mol. The lowest BCUT2D eigenvalue weighted by atomic mass is 10.1. The molecular formula is C11H13BrN4. The minimum atomic E-state index is 0.212. The lowest BCUT2D eigenvalue weighted by Crippen LogP contribution is -2.07. The van der Waals surface area contributed by atoms with E-state index in [1.165, 1.54) is 0 Å². The Hall–Kier alpha value is -1.36. The van der Waals surface area contributed by atoms with Crippen LogP contribution in [0.25, 0.3) is 11.3 Å². The van der Waals surface area contributed by atoms with Crippen molar-refractivity contribution in [1.29, 1.82) is 0 Å². The molecule has 0 saturated carbocycles. The molecule has 1 aromatic heterocycles. The first kappa shape index (κ1) is 11.1. The zero-order chi connectivity index (χ0) is 11.7. The summed E-state index contributed by atoms with van der Waals surface area (Å²) in [5.74, 6) is 0.599. The van der Waals surface area contributed by atoms with E-state index >= 15 is 0 Å². The highest BCUT2D eigenvalue weighted by molar-refractivity contribution is 9.10. The number of nitrogens with zero attached hydrogens (tertiary/aromatic N) is 3. The molecule has 0 amide bonds. The summed E-state index contributed by atoms with van der Waals surface area (Å²) < 4.78 is 2.69. The molecule has 1 aromatic carbocycles. The van der Waals surface area contributed by atoms with Gasteiger partial charge in [-0.3, -0.25) is 0 Å². The van der Waals surface area contributed by atoms with Crippen LogP contribution in [0.15, 0.2) is 28.7 Å². The van der Waals surface area contributed by atoms with Crippen LogP contribution >= 0.6 is 15.9 Å². The number of nitrogens with two attached hydrogens (primary N) is 1. The summed E-state index contributed by atoms with van der Waals surface area (Å²) in [5.41, 5.74) is 7.71. The SMILES string of the molecule is CC(C)n1nnc(-c2ccccc2Br)c1N. The average molecular weight is 281 g/mol. The quantitative estimate of drug-likeness (QED) is 0.920. The van der Waals surface area contributed by atoms with Crippen molar-refractivity contribution in [3.63, 3.8) is 0 Å². The van der Waals surface area contributed by atoms with Gasteiger partial charge in [0.1, 0.15) is 5.69 Å². The standard InChI is InChI=1S/C11H13BrN4/c1-7(2)16-11(13)10(14-15-16)8-5-3-4-6-9(8)12/h3-7H,13H2,1-2H3. The molecule has 0 fully saturated rings. The molecule has 0 aliphatic heterocycles. The van der Waals surface area contributed by atoms with E-state index in [-0.39, 0.29) is 6.04 Å². The van der Waals surface area contributed by atoms with Gasteiger partial charge in [-0.25, -0.2) is 4.68 Å². The van der Waals surface area contributed by atoms with E-state index in [0.29, 0.717) is 5.82 Å². The number of hydrogen-bond donors (Lipinski definition) is 1. The second kappa shape index (κ2) is 4.25. The molecule has 2 aromatic rings. The molecule has 0 unspecified atom stereocenters. The number of hydrogen-bond acceptors (Lipinski definition) is 3. The van der Waals surface area contributed by atoms with Gasteiger partial charge in [-0.15, -0.1) is 5.10 Å². The summed E-state index contributed by atoms with van der Waals surface area (Å²) in [4.78, 5) is 0. The summed E-state index contributed by atoms with van der Waals surface area (Å²) >= 11 is 3.48. The Morgan fingerprint density at radius 2 is 2.00 bits per heavy atom. The first-order chi connectivity index (χ1) is 7.61. The molecule has 0 radical (unpaired) electrons. The van der Waals surface area contributed by atoms with E-state index < -0.39 is 0 Å². The van der Waals surface area contributed by atoms with Crippen molar-refractivity contribution in [3.8, 4) is 11.3 Å². The summed E-state index contributed by atoms with van der Waals surface area (Å²) in [6, 6.07) is 8.05. The lowest BCUT2D eigenvalue weighted by Gasteiger charge is -2.06. The van der Waals surface area contributed by atoms with Crippen molar-refractivity contribution in [1.82, 2.24) is 15.0 Å². The van der Waals surface area contributed by atoms with Gasteiger partial charge in [0.05, 0.1) is 6.04 Å². The van der Waals surface area contributed by atoms with E-state index in [1.807, 2.05) is 38.1 Å². The molecule has 0 spiro atoms. The number of nitrogen functional groups attached to an aromatic ring is 1. The highest BCUT2D eigenvalue weighted by Gasteiger charge is 2.15. The van der Waals surface area contributed by atoms with Gasteiger partial charge in [-0.1, -0.05) is 39.3 Å². The molecule has 16 heavy (non-hydrogen) atoms. The Balaban J connectivity index is 2.54. The second-order valence-electron chi connectivity index (χ2n) is 3.84. The average Bonchev–Trinajstić information content (AvgIpc) is 2.61. The number of halogens is 1. The van der Waals surface area contributed by atoms with Crippen LogP contribution in [0.3, 0.4) is 0 Å². The molecule has 0 saturated heterocycles.